The fourth-order valence-corrected chi connectivity index (χ4v) is 1.29. The van der Waals surface area contributed by atoms with Gasteiger partial charge in [0.1, 0.15) is 6.54 Å². The molecular weight excluding hydrogens is 224 g/mol. The third-order valence-electron chi connectivity index (χ3n) is 2.04. The van der Waals surface area contributed by atoms with Crippen molar-refractivity contribution >= 4 is 11.6 Å². The van der Waals surface area contributed by atoms with Gasteiger partial charge in [-0.05, 0) is 0 Å². The minimum Gasteiger partial charge on any atom is -0.396 e. The number of amides is 1. The summed E-state index contributed by atoms with van der Waals surface area (Å²) in [5, 5.41) is 10.3. The Labute approximate surface area is 96.8 Å². The minimum atomic E-state index is -0.142. The van der Waals surface area contributed by atoms with Crippen molar-refractivity contribution < 1.29 is 9.32 Å². The summed E-state index contributed by atoms with van der Waals surface area (Å²) in [7, 11) is 0. The molecule has 0 spiro atoms. The molecule has 2 heterocycles. The predicted octanol–water partition coefficient (Wildman–Crippen LogP) is -0.793. The van der Waals surface area contributed by atoms with Crippen LogP contribution in [-0.2, 0) is 17.8 Å². The Morgan fingerprint density at radius 3 is 3.12 bits per heavy atom. The molecule has 17 heavy (non-hydrogen) atoms. The van der Waals surface area contributed by atoms with E-state index in [4.69, 9.17) is 5.73 Å². The molecule has 0 aliphatic carbocycles. The van der Waals surface area contributed by atoms with E-state index >= 15 is 0 Å². The monoisotopic (exact) mass is 236 g/mol. The highest BCUT2D eigenvalue weighted by atomic mass is 16.5. The van der Waals surface area contributed by atoms with Crippen molar-refractivity contribution in [2.45, 2.75) is 13.0 Å². The summed E-state index contributed by atoms with van der Waals surface area (Å²) in [6, 6.07) is 0. The third kappa shape index (κ3) is 3.30. The van der Waals surface area contributed by atoms with Gasteiger partial charge < -0.3 is 15.6 Å². The Bertz CT molecular complexity index is 477. The summed E-state index contributed by atoms with van der Waals surface area (Å²) < 4.78 is 6.04. The number of hydrogen-bond acceptors (Lipinski definition) is 6. The summed E-state index contributed by atoms with van der Waals surface area (Å²) in [6.45, 7) is 0.596. The van der Waals surface area contributed by atoms with E-state index in [9.17, 15) is 4.79 Å². The average molecular weight is 236 g/mol. The van der Waals surface area contributed by atoms with Crippen molar-refractivity contribution in [3.63, 3.8) is 0 Å². The second-order valence-electron chi connectivity index (χ2n) is 3.42. The molecule has 0 unspecified atom stereocenters. The first kappa shape index (κ1) is 11.1. The molecule has 2 rings (SSSR count). The number of hydrogen-bond donors (Lipinski definition) is 2. The SMILES string of the molecule is Nc1cnn(CC(=O)NCCc2ncon2)c1. The fourth-order valence-electron chi connectivity index (χ4n) is 1.29. The molecule has 0 radical (unpaired) electrons. The lowest BCUT2D eigenvalue weighted by atomic mass is 10.4. The van der Waals surface area contributed by atoms with Gasteiger partial charge in [0, 0.05) is 19.2 Å². The normalized spacial score (nSPS) is 10.4. The van der Waals surface area contributed by atoms with Crippen LogP contribution in [0.25, 0.3) is 0 Å². The standard InChI is InChI=1S/C9H12N6O2/c10-7-3-13-15(4-7)5-9(16)11-2-1-8-12-6-17-14-8/h3-4,6H,1-2,5,10H2,(H,11,16). The molecule has 0 bridgehead atoms. The van der Waals surface area contributed by atoms with Crippen LogP contribution in [0.15, 0.2) is 23.3 Å². The van der Waals surface area contributed by atoms with Crippen LogP contribution in [0.3, 0.4) is 0 Å². The molecule has 0 aliphatic rings. The number of carbonyl (C=O) groups excluding carboxylic acids is 1. The van der Waals surface area contributed by atoms with Gasteiger partial charge >= 0.3 is 0 Å². The molecule has 8 nitrogen and oxygen atoms in total. The summed E-state index contributed by atoms with van der Waals surface area (Å²) in [6.07, 6.45) is 4.87. The zero-order valence-corrected chi connectivity index (χ0v) is 9.04. The number of nitrogens with two attached hydrogens (primary N) is 1. The molecule has 0 aliphatic heterocycles. The molecular formula is C9H12N6O2. The van der Waals surface area contributed by atoms with Gasteiger partial charge in [-0.2, -0.15) is 10.1 Å². The van der Waals surface area contributed by atoms with Crippen LogP contribution >= 0.6 is 0 Å². The van der Waals surface area contributed by atoms with E-state index in [0.29, 0.717) is 24.5 Å². The number of nitrogen functional groups attached to an aromatic ring is 1. The number of carbonyl (C=O) groups is 1. The van der Waals surface area contributed by atoms with Crippen LogP contribution in [0.1, 0.15) is 5.82 Å². The van der Waals surface area contributed by atoms with Crippen LogP contribution in [0, 0.1) is 0 Å². The van der Waals surface area contributed by atoms with Crippen LogP contribution < -0.4 is 11.1 Å². The molecule has 2 aromatic heterocycles. The van der Waals surface area contributed by atoms with Crippen LogP contribution in [0.5, 0.6) is 0 Å². The Kier molecular flexibility index (Phi) is 3.34. The lowest BCUT2D eigenvalue weighted by Crippen LogP contribution is -2.29. The first-order valence-corrected chi connectivity index (χ1v) is 5.04. The van der Waals surface area contributed by atoms with Crippen molar-refractivity contribution in [3.05, 3.63) is 24.6 Å². The number of rotatable bonds is 5. The molecule has 0 aromatic carbocycles. The summed E-state index contributed by atoms with van der Waals surface area (Å²) >= 11 is 0. The second-order valence-corrected chi connectivity index (χ2v) is 3.42. The van der Waals surface area contributed by atoms with Crippen molar-refractivity contribution in [1.29, 1.82) is 0 Å². The van der Waals surface area contributed by atoms with E-state index in [-0.39, 0.29) is 12.5 Å². The maximum absolute atomic E-state index is 11.5. The summed E-state index contributed by atoms with van der Waals surface area (Å²) in [5.74, 6) is 0.422. The van der Waals surface area contributed by atoms with Gasteiger partial charge in [-0.1, -0.05) is 5.16 Å². The molecule has 0 saturated heterocycles. The van der Waals surface area contributed by atoms with E-state index in [1.807, 2.05) is 0 Å². The molecule has 90 valence electrons. The Balaban J connectivity index is 1.71. The van der Waals surface area contributed by atoms with Crippen LogP contribution in [0.2, 0.25) is 0 Å². The topological polar surface area (TPSA) is 112 Å². The lowest BCUT2D eigenvalue weighted by Gasteiger charge is -2.03. The molecule has 3 N–H and O–H groups in total. The van der Waals surface area contributed by atoms with E-state index in [1.54, 1.807) is 6.20 Å². The van der Waals surface area contributed by atoms with Crippen LogP contribution in [-0.4, -0.2) is 32.4 Å². The van der Waals surface area contributed by atoms with Gasteiger partial charge in [0.2, 0.25) is 12.3 Å². The van der Waals surface area contributed by atoms with E-state index in [0.717, 1.165) is 0 Å². The van der Waals surface area contributed by atoms with Crippen molar-refractivity contribution in [1.82, 2.24) is 25.2 Å². The molecule has 0 saturated carbocycles. The van der Waals surface area contributed by atoms with Crippen LogP contribution in [0.4, 0.5) is 5.69 Å². The molecule has 1 amide bonds. The molecule has 0 atom stereocenters. The maximum Gasteiger partial charge on any atom is 0.241 e. The Morgan fingerprint density at radius 2 is 2.47 bits per heavy atom. The molecule has 0 fully saturated rings. The third-order valence-corrected chi connectivity index (χ3v) is 2.04. The zero-order chi connectivity index (χ0) is 12.1. The quantitative estimate of drug-likeness (QED) is 0.703. The Morgan fingerprint density at radius 1 is 1.59 bits per heavy atom. The highest BCUT2D eigenvalue weighted by molar-refractivity contribution is 5.75. The number of anilines is 1. The predicted molar refractivity (Wildman–Crippen MR) is 57.7 cm³/mol. The van der Waals surface area contributed by atoms with E-state index in [2.05, 4.69) is 25.1 Å². The maximum atomic E-state index is 11.5. The van der Waals surface area contributed by atoms with Crippen molar-refractivity contribution in [3.8, 4) is 0 Å². The van der Waals surface area contributed by atoms with Gasteiger partial charge in [0.15, 0.2) is 5.82 Å². The first-order chi connectivity index (χ1) is 8.24. The van der Waals surface area contributed by atoms with Gasteiger partial charge in [0.25, 0.3) is 0 Å². The summed E-state index contributed by atoms with van der Waals surface area (Å²) in [4.78, 5) is 15.3. The minimum absolute atomic E-state index is 0.142. The number of aromatic nitrogens is 4. The van der Waals surface area contributed by atoms with Crippen molar-refractivity contribution in [2.24, 2.45) is 0 Å². The number of nitrogens with zero attached hydrogens (tertiary/aromatic N) is 4. The molecule has 8 heteroatoms. The summed E-state index contributed by atoms with van der Waals surface area (Å²) in [5.41, 5.74) is 6.01. The highest BCUT2D eigenvalue weighted by Gasteiger charge is 2.04. The smallest absolute Gasteiger partial charge is 0.241 e. The largest absolute Gasteiger partial charge is 0.396 e. The van der Waals surface area contributed by atoms with Gasteiger partial charge in [0.05, 0.1) is 11.9 Å². The fraction of sp³-hybridized carbons (Fsp3) is 0.333. The molecule has 2 aromatic rings. The number of nitrogens with one attached hydrogen (secondary N) is 1. The van der Waals surface area contributed by atoms with Gasteiger partial charge in [-0.3, -0.25) is 9.48 Å². The van der Waals surface area contributed by atoms with E-state index in [1.165, 1.54) is 17.3 Å². The van der Waals surface area contributed by atoms with Gasteiger partial charge in [-0.15, -0.1) is 0 Å². The zero-order valence-electron chi connectivity index (χ0n) is 9.04. The van der Waals surface area contributed by atoms with E-state index < -0.39 is 0 Å². The highest BCUT2D eigenvalue weighted by Crippen LogP contribution is 1.97. The Hall–Kier alpha value is -2.38. The van der Waals surface area contributed by atoms with Gasteiger partial charge in [-0.25, -0.2) is 0 Å². The second kappa shape index (κ2) is 5.10. The first-order valence-electron chi connectivity index (χ1n) is 5.04. The van der Waals surface area contributed by atoms with Crippen molar-refractivity contribution in [2.75, 3.05) is 12.3 Å². The lowest BCUT2D eigenvalue weighted by molar-refractivity contribution is -0.121. The average Bonchev–Trinajstić information content (AvgIpc) is 2.90.